The van der Waals surface area contributed by atoms with E-state index >= 15 is 0 Å². The number of nitrogens with one attached hydrogen (secondary N) is 1. The van der Waals surface area contributed by atoms with Crippen LogP contribution in [0.1, 0.15) is 32.6 Å². The Hall–Kier alpha value is -0.780. The van der Waals surface area contributed by atoms with E-state index in [4.69, 9.17) is 0 Å². The van der Waals surface area contributed by atoms with Crippen LogP contribution in [-0.4, -0.2) is 31.8 Å². The third-order valence-corrected chi connectivity index (χ3v) is 2.55. The molecule has 0 aliphatic rings. The van der Waals surface area contributed by atoms with Gasteiger partial charge in [0.05, 0.1) is 13.5 Å². The number of carbonyl (C=O) groups excluding carboxylic acids is 1. The van der Waals surface area contributed by atoms with Gasteiger partial charge in [-0.1, -0.05) is 0 Å². The lowest BCUT2D eigenvalue weighted by Crippen LogP contribution is -2.42. The van der Waals surface area contributed by atoms with Crippen LogP contribution < -0.4 is 5.32 Å². The molecule has 0 aromatic carbocycles. The van der Waals surface area contributed by atoms with E-state index in [-0.39, 0.29) is 19.3 Å². The van der Waals surface area contributed by atoms with E-state index < -0.39 is 24.1 Å². The minimum atomic E-state index is -4.14. The molecule has 0 spiro atoms. The van der Waals surface area contributed by atoms with Crippen LogP contribution in [0, 0.1) is 0 Å². The first-order valence-corrected chi connectivity index (χ1v) is 5.05. The van der Waals surface area contributed by atoms with Crippen molar-refractivity contribution in [3.8, 4) is 0 Å². The van der Waals surface area contributed by atoms with Crippen LogP contribution in [0.4, 0.5) is 13.2 Å². The molecule has 0 aliphatic carbocycles. The predicted octanol–water partition coefficient (Wildman–Crippen LogP) is 2.26. The average Bonchev–Trinajstić information content (AvgIpc) is 2.15. The quantitative estimate of drug-likeness (QED) is 0.725. The summed E-state index contributed by atoms with van der Waals surface area (Å²) in [4.78, 5) is 11.1. The third-order valence-electron chi connectivity index (χ3n) is 2.55. The lowest BCUT2D eigenvalue weighted by molar-refractivity contribution is -0.142. The highest BCUT2D eigenvalue weighted by Crippen LogP contribution is 2.26. The van der Waals surface area contributed by atoms with Gasteiger partial charge < -0.3 is 10.1 Å². The molecular weight excluding hydrogens is 223 g/mol. The zero-order valence-electron chi connectivity index (χ0n) is 9.78. The average molecular weight is 241 g/mol. The molecule has 0 amide bonds. The molecule has 0 bridgehead atoms. The van der Waals surface area contributed by atoms with Gasteiger partial charge in [0.25, 0.3) is 0 Å². The van der Waals surface area contributed by atoms with Crippen molar-refractivity contribution in [3.05, 3.63) is 0 Å². The molecule has 1 unspecified atom stereocenters. The summed E-state index contributed by atoms with van der Waals surface area (Å²) in [5.74, 6) is -0.427. The Kier molecular flexibility index (Phi) is 5.78. The number of esters is 1. The van der Waals surface area contributed by atoms with Crippen LogP contribution in [0.15, 0.2) is 0 Å². The van der Waals surface area contributed by atoms with Crippen LogP contribution in [0.5, 0.6) is 0 Å². The maximum atomic E-state index is 12.0. The standard InChI is InChI=1S/C10H18F3NO2/c1-9(14-2,7-8(15)16-3)5-4-6-10(11,12)13/h14H,4-7H2,1-3H3. The van der Waals surface area contributed by atoms with Gasteiger partial charge in [-0.3, -0.25) is 4.79 Å². The van der Waals surface area contributed by atoms with Gasteiger partial charge in [0.1, 0.15) is 0 Å². The van der Waals surface area contributed by atoms with Crippen molar-refractivity contribution in [1.29, 1.82) is 0 Å². The van der Waals surface area contributed by atoms with Gasteiger partial charge in [-0.25, -0.2) is 0 Å². The Balaban J connectivity index is 4.11. The SMILES string of the molecule is CNC(C)(CCCC(F)(F)F)CC(=O)OC. The van der Waals surface area contributed by atoms with E-state index in [0.717, 1.165) is 0 Å². The number of halogens is 3. The molecule has 96 valence electrons. The maximum absolute atomic E-state index is 12.0. The van der Waals surface area contributed by atoms with Crippen LogP contribution >= 0.6 is 0 Å². The molecule has 6 heteroatoms. The van der Waals surface area contributed by atoms with Gasteiger partial charge in [-0.05, 0) is 26.8 Å². The second-order valence-corrected chi connectivity index (χ2v) is 4.03. The summed E-state index contributed by atoms with van der Waals surface area (Å²) in [7, 11) is 2.88. The van der Waals surface area contributed by atoms with Gasteiger partial charge in [-0.15, -0.1) is 0 Å². The van der Waals surface area contributed by atoms with Crippen molar-refractivity contribution in [2.45, 2.75) is 44.3 Å². The molecule has 0 heterocycles. The van der Waals surface area contributed by atoms with E-state index in [9.17, 15) is 18.0 Å². The zero-order valence-corrected chi connectivity index (χ0v) is 9.78. The molecule has 3 nitrogen and oxygen atoms in total. The number of ether oxygens (including phenoxy) is 1. The lowest BCUT2D eigenvalue weighted by atomic mass is 9.91. The van der Waals surface area contributed by atoms with Crippen molar-refractivity contribution < 1.29 is 22.7 Å². The van der Waals surface area contributed by atoms with Crippen LogP contribution in [0.25, 0.3) is 0 Å². The minimum absolute atomic E-state index is 0.00215. The van der Waals surface area contributed by atoms with E-state index in [1.165, 1.54) is 7.11 Å². The van der Waals surface area contributed by atoms with Crippen LogP contribution in [0.3, 0.4) is 0 Å². The Morgan fingerprint density at radius 3 is 2.25 bits per heavy atom. The molecule has 16 heavy (non-hydrogen) atoms. The largest absolute Gasteiger partial charge is 0.469 e. The summed E-state index contributed by atoms with van der Waals surface area (Å²) in [5, 5.41) is 2.86. The summed E-state index contributed by atoms with van der Waals surface area (Å²) in [6.07, 6.45) is -4.63. The number of rotatable bonds is 6. The fourth-order valence-electron chi connectivity index (χ4n) is 1.37. The third kappa shape index (κ3) is 6.66. The van der Waals surface area contributed by atoms with Crippen molar-refractivity contribution in [2.75, 3.05) is 14.2 Å². The normalized spacial score (nSPS) is 15.6. The van der Waals surface area contributed by atoms with Gasteiger partial charge in [0.2, 0.25) is 0 Å². The zero-order chi connectivity index (χ0) is 12.8. The van der Waals surface area contributed by atoms with Gasteiger partial charge in [0.15, 0.2) is 0 Å². The Bertz CT molecular complexity index is 231. The van der Waals surface area contributed by atoms with E-state index in [2.05, 4.69) is 10.1 Å². The molecule has 0 radical (unpaired) electrons. The number of methoxy groups -OCH3 is 1. The molecule has 0 saturated carbocycles. The Morgan fingerprint density at radius 2 is 1.88 bits per heavy atom. The summed E-state index contributed by atoms with van der Waals surface area (Å²) in [6.45, 7) is 1.71. The van der Waals surface area contributed by atoms with Crippen molar-refractivity contribution >= 4 is 5.97 Å². The monoisotopic (exact) mass is 241 g/mol. The number of alkyl halides is 3. The Morgan fingerprint density at radius 1 is 1.31 bits per heavy atom. The molecule has 1 N–H and O–H groups in total. The minimum Gasteiger partial charge on any atom is -0.469 e. The highest BCUT2D eigenvalue weighted by atomic mass is 19.4. The topological polar surface area (TPSA) is 38.3 Å². The molecule has 0 saturated heterocycles. The fraction of sp³-hybridized carbons (Fsp3) is 0.900. The van der Waals surface area contributed by atoms with E-state index in [0.29, 0.717) is 0 Å². The molecule has 0 fully saturated rings. The first-order valence-electron chi connectivity index (χ1n) is 5.05. The molecule has 1 atom stereocenters. The van der Waals surface area contributed by atoms with E-state index in [1.54, 1.807) is 14.0 Å². The summed E-state index contributed by atoms with van der Waals surface area (Å²) in [5.41, 5.74) is -0.641. The molecule has 0 aromatic heterocycles. The van der Waals surface area contributed by atoms with Crippen LogP contribution in [-0.2, 0) is 9.53 Å². The smallest absolute Gasteiger partial charge is 0.389 e. The van der Waals surface area contributed by atoms with Gasteiger partial charge in [-0.2, -0.15) is 13.2 Å². The first-order chi connectivity index (χ1) is 7.22. The predicted molar refractivity (Wildman–Crippen MR) is 54.0 cm³/mol. The second kappa shape index (κ2) is 6.08. The fourth-order valence-corrected chi connectivity index (χ4v) is 1.37. The van der Waals surface area contributed by atoms with Crippen molar-refractivity contribution in [2.24, 2.45) is 0 Å². The van der Waals surface area contributed by atoms with Gasteiger partial charge >= 0.3 is 12.1 Å². The van der Waals surface area contributed by atoms with Crippen LogP contribution in [0.2, 0.25) is 0 Å². The van der Waals surface area contributed by atoms with Crippen molar-refractivity contribution in [3.63, 3.8) is 0 Å². The molecule has 0 aromatic rings. The highest BCUT2D eigenvalue weighted by molar-refractivity contribution is 5.70. The molecule has 0 rings (SSSR count). The number of hydrogen-bond acceptors (Lipinski definition) is 3. The number of hydrogen-bond donors (Lipinski definition) is 1. The maximum Gasteiger partial charge on any atom is 0.389 e. The molecular formula is C10H18F3NO2. The highest BCUT2D eigenvalue weighted by Gasteiger charge is 2.30. The summed E-state index contributed by atoms with van der Waals surface area (Å²) in [6, 6.07) is 0. The Labute approximate surface area is 93.3 Å². The van der Waals surface area contributed by atoms with Gasteiger partial charge in [0, 0.05) is 12.0 Å². The summed E-state index contributed by atoms with van der Waals surface area (Å²) < 4.78 is 40.3. The molecule has 0 aliphatic heterocycles. The second-order valence-electron chi connectivity index (χ2n) is 4.03. The van der Waals surface area contributed by atoms with Crippen molar-refractivity contribution in [1.82, 2.24) is 5.32 Å². The lowest BCUT2D eigenvalue weighted by Gasteiger charge is -2.28. The number of carbonyl (C=O) groups is 1. The first kappa shape index (κ1) is 15.2. The summed E-state index contributed by atoms with van der Waals surface area (Å²) >= 11 is 0. The van der Waals surface area contributed by atoms with E-state index in [1.807, 2.05) is 0 Å².